The molecule has 0 saturated carbocycles. The number of rotatable bonds is 5. The van der Waals surface area contributed by atoms with Gasteiger partial charge in [0.05, 0.1) is 4.90 Å². The first-order valence-electron chi connectivity index (χ1n) is 8.93. The van der Waals surface area contributed by atoms with E-state index in [2.05, 4.69) is 10.1 Å². The predicted molar refractivity (Wildman–Crippen MR) is 111 cm³/mol. The molecule has 3 rings (SSSR count). The molecule has 0 unspecified atom stereocenters. The molecule has 0 aromatic heterocycles. The number of benzene rings is 2. The highest BCUT2D eigenvalue weighted by Crippen LogP contribution is 2.20. The van der Waals surface area contributed by atoms with Gasteiger partial charge < -0.3 is 15.0 Å². The van der Waals surface area contributed by atoms with Gasteiger partial charge in [0.1, 0.15) is 5.75 Å². The van der Waals surface area contributed by atoms with Crippen LogP contribution in [0.4, 0.5) is 14.5 Å². The molecule has 0 bridgehead atoms. The Morgan fingerprint density at radius 1 is 1.03 bits per heavy atom. The molecular weight excluding hydrogens is 420 g/mol. The molecule has 0 spiro atoms. The summed E-state index contributed by atoms with van der Waals surface area (Å²) in [5, 5.41) is 3.47. The van der Waals surface area contributed by atoms with Crippen molar-refractivity contribution in [3.8, 4) is 5.75 Å². The van der Waals surface area contributed by atoms with Crippen molar-refractivity contribution >= 4 is 33.0 Å². The number of piperazine rings is 1. The van der Waals surface area contributed by atoms with Gasteiger partial charge in [-0.3, -0.25) is 0 Å². The average molecular weight is 442 g/mol. The fourth-order valence-electron chi connectivity index (χ4n) is 2.91. The lowest BCUT2D eigenvalue weighted by molar-refractivity contribution is -0.0498. The van der Waals surface area contributed by atoms with Crippen molar-refractivity contribution in [2.75, 3.05) is 31.5 Å². The Kier molecular flexibility index (Phi) is 6.66. The minimum Gasteiger partial charge on any atom is -0.435 e. The van der Waals surface area contributed by atoms with E-state index in [-0.39, 0.29) is 10.6 Å². The maximum Gasteiger partial charge on any atom is 0.387 e. The van der Waals surface area contributed by atoms with Gasteiger partial charge in [0.2, 0.25) is 10.0 Å². The highest BCUT2D eigenvalue weighted by Gasteiger charge is 2.29. The normalized spacial score (nSPS) is 15.4. The monoisotopic (exact) mass is 441 g/mol. The van der Waals surface area contributed by atoms with E-state index in [9.17, 15) is 17.2 Å². The minimum absolute atomic E-state index is 0.0615. The average Bonchev–Trinajstić information content (AvgIpc) is 2.69. The number of hydrogen-bond acceptors (Lipinski definition) is 4. The molecule has 0 aliphatic carbocycles. The quantitative estimate of drug-likeness (QED) is 0.719. The zero-order valence-electron chi connectivity index (χ0n) is 15.7. The minimum atomic E-state index is -3.53. The van der Waals surface area contributed by atoms with Gasteiger partial charge in [-0.1, -0.05) is 17.7 Å². The molecular formula is C19H21F2N3O3S2. The molecule has 1 saturated heterocycles. The number of aryl methyl sites for hydroxylation is 1. The molecule has 6 nitrogen and oxygen atoms in total. The second-order valence-corrected chi connectivity index (χ2v) is 8.86. The topological polar surface area (TPSA) is 61.9 Å². The predicted octanol–water partition coefficient (Wildman–Crippen LogP) is 3.30. The van der Waals surface area contributed by atoms with Crippen LogP contribution in [0.25, 0.3) is 0 Å². The van der Waals surface area contributed by atoms with Gasteiger partial charge >= 0.3 is 6.61 Å². The van der Waals surface area contributed by atoms with Crippen molar-refractivity contribution in [3.05, 3.63) is 54.1 Å². The highest BCUT2D eigenvalue weighted by molar-refractivity contribution is 7.89. The maximum atomic E-state index is 12.8. The van der Waals surface area contributed by atoms with Gasteiger partial charge in [-0.15, -0.1) is 0 Å². The van der Waals surface area contributed by atoms with Crippen LogP contribution in [-0.4, -0.2) is 55.5 Å². The molecule has 1 aliphatic heterocycles. The van der Waals surface area contributed by atoms with Crippen molar-refractivity contribution in [2.24, 2.45) is 0 Å². The highest BCUT2D eigenvalue weighted by atomic mass is 32.2. The van der Waals surface area contributed by atoms with Gasteiger partial charge in [-0.05, 0) is 55.5 Å². The third kappa shape index (κ3) is 5.40. The van der Waals surface area contributed by atoms with Crippen LogP contribution in [0.5, 0.6) is 5.75 Å². The number of nitrogens with one attached hydrogen (secondary N) is 1. The van der Waals surface area contributed by atoms with Crippen LogP contribution >= 0.6 is 12.2 Å². The number of nitrogens with zero attached hydrogens (tertiary/aromatic N) is 2. The summed E-state index contributed by atoms with van der Waals surface area (Å²) in [5.41, 5.74) is 1.63. The van der Waals surface area contributed by atoms with Crippen LogP contribution in [0.2, 0.25) is 0 Å². The summed E-state index contributed by atoms with van der Waals surface area (Å²) in [6.45, 7) is 0.566. The van der Waals surface area contributed by atoms with Gasteiger partial charge in [-0.25, -0.2) is 8.42 Å². The van der Waals surface area contributed by atoms with Gasteiger partial charge in [0.15, 0.2) is 5.11 Å². The molecule has 1 aliphatic rings. The number of thiocarbonyl (C=S) groups is 1. The molecule has 1 heterocycles. The van der Waals surface area contributed by atoms with Crippen LogP contribution < -0.4 is 10.1 Å². The first-order chi connectivity index (χ1) is 13.8. The number of alkyl halides is 2. The standard InChI is InChI=1S/C19H21F2N3O3S2/c1-14-2-8-17(9-3-14)29(25,26)24-12-10-23(11-13-24)19(28)22-15-4-6-16(7-5-15)27-18(20)21/h2-9,18H,10-13H2,1H3,(H,22,28). The van der Waals surface area contributed by atoms with E-state index in [1.807, 2.05) is 11.8 Å². The Hall–Kier alpha value is -2.30. The Morgan fingerprint density at radius 3 is 2.17 bits per heavy atom. The van der Waals surface area contributed by atoms with Crippen LogP contribution in [-0.2, 0) is 10.0 Å². The lowest BCUT2D eigenvalue weighted by Crippen LogP contribution is -2.51. The molecule has 0 atom stereocenters. The number of anilines is 1. The first kappa shape index (κ1) is 21.4. The summed E-state index contributed by atoms with van der Waals surface area (Å²) in [5.74, 6) is 0.0615. The fourth-order valence-corrected chi connectivity index (χ4v) is 4.64. The summed E-state index contributed by atoms with van der Waals surface area (Å²) in [6.07, 6.45) is 0. The number of hydrogen-bond donors (Lipinski definition) is 1. The maximum absolute atomic E-state index is 12.8. The SMILES string of the molecule is Cc1ccc(S(=O)(=O)N2CCN(C(=S)Nc3ccc(OC(F)F)cc3)CC2)cc1. The fraction of sp³-hybridized carbons (Fsp3) is 0.316. The molecule has 0 radical (unpaired) electrons. The smallest absolute Gasteiger partial charge is 0.387 e. The zero-order chi connectivity index (χ0) is 21.0. The van der Waals surface area contributed by atoms with E-state index in [1.54, 1.807) is 36.4 Å². The number of ether oxygens (including phenoxy) is 1. The molecule has 2 aromatic rings. The molecule has 10 heteroatoms. The number of sulfonamides is 1. The lowest BCUT2D eigenvalue weighted by Gasteiger charge is -2.35. The summed E-state index contributed by atoms with van der Waals surface area (Å²) in [6, 6.07) is 12.8. The molecule has 0 amide bonds. The van der Waals surface area contributed by atoms with Crippen LogP contribution in [0.1, 0.15) is 5.56 Å². The Balaban J connectivity index is 1.56. The zero-order valence-corrected chi connectivity index (χ0v) is 17.3. The molecule has 156 valence electrons. The summed E-state index contributed by atoms with van der Waals surface area (Å²) in [7, 11) is -3.53. The Morgan fingerprint density at radius 2 is 1.62 bits per heavy atom. The third-order valence-corrected chi connectivity index (χ3v) is 6.79. The van der Waals surface area contributed by atoms with Crippen molar-refractivity contribution in [2.45, 2.75) is 18.4 Å². The first-order valence-corrected chi connectivity index (χ1v) is 10.8. The largest absolute Gasteiger partial charge is 0.435 e. The van der Waals surface area contributed by atoms with Crippen molar-refractivity contribution in [1.82, 2.24) is 9.21 Å². The molecule has 1 N–H and O–H groups in total. The molecule has 29 heavy (non-hydrogen) atoms. The number of halogens is 2. The van der Waals surface area contributed by atoms with E-state index >= 15 is 0 Å². The van der Waals surface area contributed by atoms with E-state index in [0.29, 0.717) is 37.0 Å². The summed E-state index contributed by atoms with van der Waals surface area (Å²) in [4.78, 5) is 2.16. The Labute approximate surface area is 174 Å². The van der Waals surface area contributed by atoms with E-state index in [1.165, 1.54) is 16.4 Å². The van der Waals surface area contributed by atoms with Crippen LogP contribution in [0.15, 0.2) is 53.4 Å². The second-order valence-electron chi connectivity index (χ2n) is 6.54. The van der Waals surface area contributed by atoms with Crippen molar-refractivity contribution in [3.63, 3.8) is 0 Å². The summed E-state index contributed by atoms with van der Waals surface area (Å²) >= 11 is 5.39. The van der Waals surface area contributed by atoms with Crippen LogP contribution in [0.3, 0.4) is 0 Å². The molecule has 2 aromatic carbocycles. The van der Waals surface area contributed by atoms with E-state index in [0.717, 1.165) is 5.56 Å². The van der Waals surface area contributed by atoms with Gasteiger partial charge in [0.25, 0.3) is 0 Å². The second kappa shape index (κ2) is 9.02. The van der Waals surface area contributed by atoms with Crippen LogP contribution in [0, 0.1) is 6.92 Å². The van der Waals surface area contributed by atoms with Gasteiger partial charge in [0, 0.05) is 31.9 Å². The van der Waals surface area contributed by atoms with Crippen molar-refractivity contribution in [1.29, 1.82) is 0 Å². The van der Waals surface area contributed by atoms with Gasteiger partial charge in [-0.2, -0.15) is 13.1 Å². The van der Waals surface area contributed by atoms with E-state index in [4.69, 9.17) is 12.2 Å². The summed E-state index contributed by atoms with van der Waals surface area (Å²) < 4.78 is 55.7. The molecule has 1 fully saturated rings. The lowest BCUT2D eigenvalue weighted by atomic mass is 10.2. The van der Waals surface area contributed by atoms with Crippen molar-refractivity contribution < 1.29 is 21.9 Å². The third-order valence-electron chi connectivity index (χ3n) is 4.52. The Bertz CT molecular complexity index is 944. The van der Waals surface area contributed by atoms with E-state index < -0.39 is 16.6 Å².